The zero-order valence-corrected chi connectivity index (χ0v) is 17.4. The zero-order valence-electron chi connectivity index (χ0n) is 17.4. The van der Waals surface area contributed by atoms with E-state index in [0.29, 0.717) is 22.9 Å². The Labute approximate surface area is 181 Å². The van der Waals surface area contributed by atoms with Gasteiger partial charge >= 0.3 is 0 Å². The number of ether oxygens (including phenoxy) is 2. The molecule has 0 heterocycles. The van der Waals surface area contributed by atoms with Gasteiger partial charge < -0.3 is 20.1 Å². The zero-order chi connectivity index (χ0) is 22.1. The molecule has 0 saturated heterocycles. The van der Waals surface area contributed by atoms with Crippen LogP contribution in [0.3, 0.4) is 0 Å². The number of carbonyl (C=O) groups is 2. The van der Waals surface area contributed by atoms with Crippen LogP contribution < -0.4 is 25.4 Å². The molecule has 0 bridgehead atoms. The molecular formula is C24H25N3O4. The summed E-state index contributed by atoms with van der Waals surface area (Å²) in [6.45, 7) is -0.0812. The number of hydrogen-bond acceptors (Lipinski definition) is 5. The van der Waals surface area contributed by atoms with E-state index in [-0.39, 0.29) is 18.4 Å². The number of anilines is 2. The first-order chi connectivity index (χ1) is 15.1. The second kappa shape index (κ2) is 10.8. The van der Waals surface area contributed by atoms with Gasteiger partial charge in [0.15, 0.2) is 0 Å². The molecular weight excluding hydrogens is 394 g/mol. The number of amides is 2. The quantitative estimate of drug-likeness (QED) is 0.493. The normalized spacial score (nSPS) is 11.3. The van der Waals surface area contributed by atoms with Gasteiger partial charge in [-0.1, -0.05) is 48.5 Å². The maximum absolute atomic E-state index is 12.9. The first-order valence-electron chi connectivity index (χ1n) is 9.77. The van der Waals surface area contributed by atoms with Crippen molar-refractivity contribution < 1.29 is 19.1 Å². The molecule has 0 unspecified atom stereocenters. The van der Waals surface area contributed by atoms with E-state index in [9.17, 15) is 9.59 Å². The second-order valence-electron chi connectivity index (χ2n) is 6.69. The lowest BCUT2D eigenvalue weighted by molar-refractivity contribution is -0.119. The van der Waals surface area contributed by atoms with E-state index < -0.39 is 6.04 Å². The van der Waals surface area contributed by atoms with Crippen LogP contribution in [-0.2, 0) is 9.59 Å². The van der Waals surface area contributed by atoms with Gasteiger partial charge in [-0.3, -0.25) is 14.9 Å². The SMILES string of the molecule is COc1ccc(OC)c(NC(=O)CN[C@@H](C(=O)Nc2ccccc2)c2ccccc2)c1. The fourth-order valence-electron chi connectivity index (χ4n) is 3.04. The van der Waals surface area contributed by atoms with Crippen molar-refractivity contribution in [2.24, 2.45) is 0 Å². The molecule has 1 atom stereocenters. The number of nitrogens with one attached hydrogen (secondary N) is 3. The third-order valence-corrected chi connectivity index (χ3v) is 4.58. The number of benzene rings is 3. The van der Waals surface area contributed by atoms with Crippen LogP contribution in [-0.4, -0.2) is 32.6 Å². The van der Waals surface area contributed by atoms with Crippen molar-refractivity contribution >= 4 is 23.2 Å². The average molecular weight is 419 g/mol. The third kappa shape index (κ3) is 6.07. The molecule has 0 aliphatic carbocycles. The minimum absolute atomic E-state index is 0.0812. The lowest BCUT2D eigenvalue weighted by Crippen LogP contribution is -2.37. The summed E-state index contributed by atoms with van der Waals surface area (Å²) in [6, 6.07) is 22.8. The van der Waals surface area contributed by atoms with Crippen molar-refractivity contribution in [2.75, 3.05) is 31.4 Å². The fraction of sp³-hybridized carbons (Fsp3) is 0.167. The molecule has 0 fully saturated rings. The van der Waals surface area contributed by atoms with Gasteiger partial charge in [-0.05, 0) is 29.8 Å². The van der Waals surface area contributed by atoms with Crippen molar-refractivity contribution in [3.63, 3.8) is 0 Å². The Bertz CT molecular complexity index is 1010. The van der Waals surface area contributed by atoms with Crippen LogP contribution in [0.25, 0.3) is 0 Å². The Morgan fingerprint density at radius 3 is 2.16 bits per heavy atom. The fourth-order valence-corrected chi connectivity index (χ4v) is 3.04. The Morgan fingerprint density at radius 2 is 1.52 bits per heavy atom. The van der Waals surface area contributed by atoms with E-state index in [2.05, 4.69) is 16.0 Å². The molecule has 0 spiro atoms. The summed E-state index contributed by atoms with van der Waals surface area (Å²) >= 11 is 0. The summed E-state index contributed by atoms with van der Waals surface area (Å²) in [5.41, 5.74) is 1.92. The minimum atomic E-state index is -0.709. The van der Waals surface area contributed by atoms with E-state index >= 15 is 0 Å². The Kier molecular flexibility index (Phi) is 7.61. The number of rotatable bonds is 9. The summed E-state index contributed by atoms with van der Waals surface area (Å²) < 4.78 is 10.5. The highest BCUT2D eigenvalue weighted by Gasteiger charge is 2.21. The average Bonchev–Trinajstić information content (AvgIpc) is 2.80. The maximum Gasteiger partial charge on any atom is 0.246 e. The van der Waals surface area contributed by atoms with Gasteiger partial charge in [-0.25, -0.2) is 0 Å². The summed E-state index contributed by atoms with van der Waals surface area (Å²) in [5, 5.41) is 8.72. The van der Waals surface area contributed by atoms with E-state index in [4.69, 9.17) is 9.47 Å². The van der Waals surface area contributed by atoms with E-state index in [1.165, 1.54) is 7.11 Å². The van der Waals surface area contributed by atoms with Crippen molar-refractivity contribution in [3.8, 4) is 11.5 Å². The molecule has 3 aromatic rings. The molecule has 0 saturated carbocycles. The highest BCUT2D eigenvalue weighted by molar-refractivity contribution is 5.97. The third-order valence-electron chi connectivity index (χ3n) is 4.58. The summed E-state index contributed by atoms with van der Waals surface area (Å²) in [7, 11) is 3.07. The molecule has 3 aromatic carbocycles. The smallest absolute Gasteiger partial charge is 0.246 e. The number of hydrogen-bond donors (Lipinski definition) is 3. The Hall–Kier alpha value is -3.84. The maximum atomic E-state index is 12.9. The van der Waals surface area contributed by atoms with Gasteiger partial charge in [0.05, 0.1) is 26.5 Å². The van der Waals surface area contributed by atoms with Crippen LogP contribution in [0.1, 0.15) is 11.6 Å². The van der Waals surface area contributed by atoms with Crippen LogP contribution in [0.4, 0.5) is 11.4 Å². The van der Waals surface area contributed by atoms with Gasteiger partial charge in [0, 0.05) is 11.8 Å². The van der Waals surface area contributed by atoms with Gasteiger partial charge in [0.2, 0.25) is 11.8 Å². The lowest BCUT2D eigenvalue weighted by Gasteiger charge is -2.19. The summed E-state index contributed by atoms with van der Waals surface area (Å²) in [4.78, 5) is 25.5. The topological polar surface area (TPSA) is 88.7 Å². The number of methoxy groups -OCH3 is 2. The molecule has 0 radical (unpaired) electrons. The molecule has 160 valence electrons. The van der Waals surface area contributed by atoms with Crippen molar-refractivity contribution in [2.45, 2.75) is 6.04 Å². The first-order valence-corrected chi connectivity index (χ1v) is 9.77. The van der Waals surface area contributed by atoms with E-state index in [1.54, 1.807) is 25.3 Å². The molecule has 0 aromatic heterocycles. The first kappa shape index (κ1) is 21.9. The molecule has 7 nitrogen and oxygen atoms in total. The minimum Gasteiger partial charge on any atom is -0.497 e. The van der Waals surface area contributed by atoms with Crippen LogP contribution >= 0.6 is 0 Å². The molecule has 7 heteroatoms. The molecule has 2 amide bonds. The van der Waals surface area contributed by atoms with Crippen LogP contribution in [0.15, 0.2) is 78.9 Å². The summed E-state index contributed by atoms with van der Waals surface area (Å²) in [5.74, 6) is 0.521. The number of para-hydroxylation sites is 1. The molecule has 3 N–H and O–H groups in total. The van der Waals surface area contributed by atoms with Gasteiger partial charge in [-0.2, -0.15) is 0 Å². The van der Waals surface area contributed by atoms with Crippen molar-refractivity contribution in [3.05, 3.63) is 84.4 Å². The highest BCUT2D eigenvalue weighted by atomic mass is 16.5. The molecule has 31 heavy (non-hydrogen) atoms. The van der Waals surface area contributed by atoms with Crippen LogP contribution in [0.5, 0.6) is 11.5 Å². The number of carbonyl (C=O) groups excluding carboxylic acids is 2. The largest absolute Gasteiger partial charge is 0.497 e. The van der Waals surface area contributed by atoms with Crippen LogP contribution in [0.2, 0.25) is 0 Å². The molecule has 3 rings (SSSR count). The predicted molar refractivity (Wildman–Crippen MR) is 120 cm³/mol. The van der Waals surface area contributed by atoms with Crippen molar-refractivity contribution in [1.82, 2.24) is 5.32 Å². The standard InChI is InChI=1S/C24H25N3O4/c1-30-19-13-14-21(31-2)20(15-19)27-22(28)16-25-23(17-9-5-3-6-10-17)24(29)26-18-11-7-4-8-12-18/h3-15,23,25H,16H2,1-2H3,(H,26,29)(H,27,28)/t23-/m1/s1. The Balaban J connectivity index is 1.70. The van der Waals surface area contributed by atoms with Crippen molar-refractivity contribution in [1.29, 1.82) is 0 Å². The van der Waals surface area contributed by atoms with Crippen LogP contribution in [0, 0.1) is 0 Å². The summed E-state index contributed by atoms with van der Waals surface area (Å²) in [6.07, 6.45) is 0. The van der Waals surface area contributed by atoms with E-state index in [0.717, 1.165) is 5.56 Å². The molecule has 0 aliphatic heterocycles. The predicted octanol–water partition coefficient (Wildman–Crippen LogP) is 3.61. The van der Waals surface area contributed by atoms with Gasteiger partial charge in [-0.15, -0.1) is 0 Å². The Morgan fingerprint density at radius 1 is 0.839 bits per heavy atom. The van der Waals surface area contributed by atoms with Gasteiger partial charge in [0.1, 0.15) is 17.5 Å². The van der Waals surface area contributed by atoms with E-state index in [1.807, 2.05) is 60.7 Å². The monoisotopic (exact) mass is 419 g/mol. The molecule has 0 aliphatic rings. The highest BCUT2D eigenvalue weighted by Crippen LogP contribution is 2.28. The second-order valence-corrected chi connectivity index (χ2v) is 6.69. The lowest BCUT2D eigenvalue weighted by atomic mass is 10.1. The van der Waals surface area contributed by atoms with Gasteiger partial charge in [0.25, 0.3) is 0 Å².